The minimum Gasteiger partial charge on any atom is -0.341 e. The highest BCUT2D eigenvalue weighted by Crippen LogP contribution is 2.04. The average molecular weight is 198 g/mol. The van der Waals surface area contributed by atoms with E-state index in [2.05, 4.69) is 12.2 Å². The quantitative estimate of drug-likeness (QED) is 0.692. The van der Waals surface area contributed by atoms with Crippen molar-refractivity contribution in [2.45, 2.75) is 39.0 Å². The Morgan fingerprint density at radius 3 is 2.93 bits per heavy atom. The molecule has 1 fully saturated rings. The van der Waals surface area contributed by atoms with Crippen LogP contribution in [0, 0.1) is 0 Å². The first-order valence-corrected chi connectivity index (χ1v) is 5.83. The number of hydrogen-bond acceptors (Lipinski definition) is 2. The third-order valence-electron chi connectivity index (χ3n) is 2.69. The highest BCUT2D eigenvalue weighted by molar-refractivity contribution is 5.76. The van der Waals surface area contributed by atoms with Crippen LogP contribution in [0.3, 0.4) is 0 Å². The highest BCUT2D eigenvalue weighted by Gasteiger charge is 2.13. The van der Waals surface area contributed by atoms with Gasteiger partial charge in [-0.3, -0.25) is 4.79 Å². The molecule has 1 aliphatic heterocycles. The summed E-state index contributed by atoms with van der Waals surface area (Å²) in [7, 11) is 0. The zero-order valence-corrected chi connectivity index (χ0v) is 9.22. The van der Waals surface area contributed by atoms with E-state index < -0.39 is 0 Å². The van der Waals surface area contributed by atoms with E-state index in [0.29, 0.717) is 5.91 Å². The first-order valence-electron chi connectivity index (χ1n) is 5.83. The molecule has 14 heavy (non-hydrogen) atoms. The number of carbonyl (C=O) groups excluding carboxylic acids is 1. The van der Waals surface area contributed by atoms with Crippen molar-refractivity contribution >= 4 is 5.91 Å². The van der Waals surface area contributed by atoms with E-state index in [9.17, 15) is 4.79 Å². The molecule has 1 rings (SSSR count). The number of nitrogens with one attached hydrogen (secondary N) is 1. The third-order valence-corrected chi connectivity index (χ3v) is 2.69. The van der Waals surface area contributed by atoms with Crippen LogP contribution in [0.1, 0.15) is 39.0 Å². The van der Waals surface area contributed by atoms with Gasteiger partial charge in [0.1, 0.15) is 0 Å². The number of amides is 1. The van der Waals surface area contributed by atoms with E-state index in [-0.39, 0.29) is 0 Å². The second-order valence-electron chi connectivity index (χ2n) is 3.94. The summed E-state index contributed by atoms with van der Waals surface area (Å²) >= 11 is 0. The summed E-state index contributed by atoms with van der Waals surface area (Å²) in [6, 6.07) is 0. The fraction of sp³-hybridized carbons (Fsp3) is 0.909. The van der Waals surface area contributed by atoms with E-state index in [1.807, 2.05) is 4.90 Å². The normalized spacial score (nSPS) is 17.9. The van der Waals surface area contributed by atoms with E-state index in [4.69, 9.17) is 0 Å². The molecule has 0 spiro atoms. The summed E-state index contributed by atoms with van der Waals surface area (Å²) in [6.07, 6.45) is 5.26. The van der Waals surface area contributed by atoms with Crippen molar-refractivity contribution in [1.82, 2.24) is 10.2 Å². The van der Waals surface area contributed by atoms with Crippen molar-refractivity contribution < 1.29 is 4.79 Å². The van der Waals surface area contributed by atoms with Gasteiger partial charge >= 0.3 is 0 Å². The van der Waals surface area contributed by atoms with Gasteiger partial charge in [0.15, 0.2) is 0 Å². The minimum atomic E-state index is 0.349. The lowest BCUT2D eigenvalue weighted by Gasteiger charge is -2.19. The van der Waals surface area contributed by atoms with Gasteiger partial charge in [0, 0.05) is 26.1 Å². The molecule has 0 saturated carbocycles. The van der Waals surface area contributed by atoms with Crippen molar-refractivity contribution in [1.29, 1.82) is 0 Å². The maximum atomic E-state index is 11.7. The van der Waals surface area contributed by atoms with Gasteiger partial charge in [0.25, 0.3) is 0 Å². The Kier molecular flexibility index (Phi) is 5.60. The molecule has 3 nitrogen and oxygen atoms in total. The molecule has 3 heteroatoms. The van der Waals surface area contributed by atoms with Gasteiger partial charge in [0.2, 0.25) is 5.91 Å². The predicted molar refractivity (Wildman–Crippen MR) is 58.2 cm³/mol. The summed E-state index contributed by atoms with van der Waals surface area (Å²) in [5.74, 6) is 0.349. The summed E-state index contributed by atoms with van der Waals surface area (Å²) in [4.78, 5) is 13.7. The lowest BCUT2D eigenvalue weighted by atomic mass is 10.2. The van der Waals surface area contributed by atoms with Gasteiger partial charge in [-0.15, -0.1) is 0 Å². The molecule has 1 saturated heterocycles. The van der Waals surface area contributed by atoms with Crippen LogP contribution >= 0.6 is 0 Å². The molecular weight excluding hydrogens is 176 g/mol. The summed E-state index contributed by atoms with van der Waals surface area (Å²) < 4.78 is 0. The monoisotopic (exact) mass is 198 g/mol. The fourth-order valence-corrected chi connectivity index (χ4v) is 1.78. The summed E-state index contributed by atoms with van der Waals surface area (Å²) in [6.45, 7) is 6.02. The van der Waals surface area contributed by atoms with Crippen LogP contribution in [0.5, 0.6) is 0 Å². The van der Waals surface area contributed by atoms with Crippen molar-refractivity contribution in [3.8, 4) is 0 Å². The lowest BCUT2D eigenvalue weighted by molar-refractivity contribution is -0.131. The molecule has 0 aromatic heterocycles. The van der Waals surface area contributed by atoms with Crippen molar-refractivity contribution in [2.24, 2.45) is 0 Å². The summed E-state index contributed by atoms with van der Waals surface area (Å²) in [5.41, 5.74) is 0. The molecule has 1 heterocycles. The largest absolute Gasteiger partial charge is 0.341 e. The zero-order valence-electron chi connectivity index (χ0n) is 9.22. The molecule has 0 aromatic rings. The first kappa shape index (κ1) is 11.5. The molecule has 1 N–H and O–H groups in total. The van der Waals surface area contributed by atoms with Gasteiger partial charge in [0.05, 0.1) is 0 Å². The molecule has 1 aliphatic rings. The van der Waals surface area contributed by atoms with E-state index in [1.54, 1.807) is 0 Å². The first-order chi connectivity index (χ1) is 6.84. The Morgan fingerprint density at radius 2 is 2.14 bits per heavy atom. The van der Waals surface area contributed by atoms with Gasteiger partial charge in [-0.2, -0.15) is 0 Å². The molecule has 82 valence electrons. The topological polar surface area (TPSA) is 32.3 Å². The molecule has 0 radical (unpaired) electrons. The Hall–Kier alpha value is -0.570. The maximum absolute atomic E-state index is 11.7. The third kappa shape index (κ3) is 4.09. The maximum Gasteiger partial charge on any atom is 0.222 e. The second-order valence-corrected chi connectivity index (χ2v) is 3.94. The Morgan fingerprint density at radius 1 is 1.29 bits per heavy atom. The number of hydrogen-bond donors (Lipinski definition) is 1. The van der Waals surface area contributed by atoms with E-state index in [0.717, 1.165) is 45.4 Å². The molecule has 0 aliphatic carbocycles. The van der Waals surface area contributed by atoms with Gasteiger partial charge in [-0.1, -0.05) is 19.8 Å². The van der Waals surface area contributed by atoms with Gasteiger partial charge in [-0.25, -0.2) is 0 Å². The number of nitrogens with zero attached hydrogens (tertiary/aromatic N) is 1. The minimum absolute atomic E-state index is 0.349. The lowest BCUT2D eigenvalue weighted by Crippen LogP contribution is -2.33. The van der Waals surface area contributed by atoms with E-state index in [1.165, 1.54) is 12.8 Å². The van der Waals surface area contributed by atoms with Gasteiger partial charge in [-0.05, 0) is 19.4 Å². The van der Waals surface area contributed by atoms with Crippen LogP contribution in [0.25, 0.3) is 0 Å². The molecule has 0 aromatic carbocycles. The fourth-order valence-electron chi connectivity index (χ4n) is 1.78. The van der Waals surface area contributed by atoms with Crippen LogP contribution < -0.4 is 5.32 Å². The number of unbranched alkanes of at least 4 members (excludes halogenated alkanes) is 2. The SMILES string of the molecule is CCCCCC(=O)N1CCCNCC1. The van der Waals surface area contributed by atoms with Crippen LogP contribution in [-0.4, -0.2) is 37.0 Å². The smallest absolute Gasteiger partial charge is 0.222 e. The Balaban J connectivity index is 2.20. The van der Waals surface area contributed by atoms with Crippen molar-refractivity contribution in [2.75, 3.05) is 26.2 Å². The van der Waals surface area contributed by atoms with Crippen molar-refractivity contribution in [3.05, 3.63) is 0 Å². The Bertz CT molecular complexity index is 163. The molecular formula is C11H22N2O. The standard InChI is InChI=1S/C11H22N2O/c1-2-3-4-6-11(14)13-9-5-7-12-8-10-13/h12H,2-10H2,1H3. The molecule has 0 bridgehead atoms. The second kappa shape index (κ2) is 6.82. The van der Waals surface area contributed by atoms with Crippen molar-refractivity contribution in [3.63, 3.8) is 0 Å². The Labute approximate surface area is 86.9 Å². The van der Waals surface area contributed by atoms with Gasteiger partial charge < -0.3 is 10.2 Å². The zero-order chi connectivity index (χ0) is 10.2. The number of carbonyl (C=O) groups is 1. The average Bonchev–Trinajstić information content (AvgIpc) is 2.46. The highest BCUT2D eigenvalue weighted by atomic mass is 16.2. The van der Waals surface area contributed by atoms with Crippen LogP contribution in [0.2, 0.25) is 0 Å². The van der Waals surface area contributed by atoms with Crippen LogP contribution in [0.15, 0.2) is 0 Å². The van der Waals surface area contributed by atoms with Crippen LogP contribution in [-0.2, 0) is 4.79 Å². The van der Waals surface area contributed by atoms with E-state index >= 15 is 0 Å². The molecule has 0 atom stereocenters. The molecule has 1 amide bonds. The molecule has 0 unspecified atom stereocenters. The predicted octanol–water partition coefficient (Wildman–Crippen LogP) is 1.39. The summed E-state index contributed by atoms with van der Waals surface area (Å²) in [5, 5.41) is 3.31. The van der Waals surface area contributed by atoms with Crippen LogP contribution in [0.4, 0.5) is 0 Å². The number of rotatable bonds is 4.